The number of pyridine rings is 1. The summed E-state index contributed by atoms with van der Waals surface area (Å²) in [6.45, 7) is 4.29. The summed E-state index contributed by atoms with van der Waals surface area (Å²) in [4.78, 5) is 5.42. The molecule has 2 heterocycles. The summed E-state index contributed by atoms with van der Waals surface area (Å²) in [5, 5.41) is 21.5. The molecule has 0 aliphatic rings. The third kappa shape index (κ3) is 2.56. The molecule has 2 aromatic heterocycles. The van der Waals surface area contributed by atoms with E-state index in [-0.39, 0.29) is 0 Å². The molecule has 0 saturated heterocycles. The highest BCUT2D eigenvalue weighted by molar-refractivity contribution is 5.55. The molecule has 0 unspecified atom stereocenters. The van der Waals surface area contributed by atoms with Gasteiger partial charge < -0.3 is 0 Å². The summed E-state index contributed by atoms with van der Waals surface area (Å²) in [6.07, 6.45) is 1.59. The van der Waals surface area contributed by atoms with E-state index in [4.69, 9.17) is 5.26 Å². The predicted octanol–water partition coefficient (Wildman–Crippen LogP) is 2.72. The van der Waals surface area contributed by atoms with Crippen LogP contribution in [0, 0.1) is 11.3 Å². The van der Waals surface area contributed by atoms with Crippen molar-refractivity contribution in [1.29, 1.82) is 5.26 Å². The maximum Gasteiger partial charge on any atom is 0.205 e. The molecular formula is C16H14N6. The zero-order valence-corrected chi connectivity index (χ0v) is 12.3. The number of hydrogen-bond acceptors (Lipinski definition) is 5. The third-order valence-corrected chi connectivity index (χ3v) is 3.35. The Labute approximate surface area is 128 Å². The largest absolute Gasteiger partial charge is 0.234 e. The second-order valence-electron chi connectivity index (χ2n) is 5.17. The van der Waals surface area contributed by atoms with Crippen molar-refractivity contribution in [1.82, 2.24) is 25.2 Å². The fraction of sp³-hybridized carbons (Fsp3) is 0.188. The van der Waals surface area contributed by atoms with E-state index in [0.717, 1.165) is 5.56 Å². The number of hydrogen-bond donors (Lipinski definition) is 0. The molecular weight excluding hydrogens is 276 g/mol. The summed E-state index contributed by atoms with van der Waals surface area (Å²) in [7, 11) is 0. The van der Waals surface area contributed by atoms with Crippen LogP contribution in [0.25, 0.3) is 17.2 Å². The topological polar surface area (TPSA) is 80.3 Å². The lowest BCUT2D eigenvalue weighted by Gasteiger charge is -2.04. The molecule has 0 aliphatic heterocycles. The highest BCUT2D eigenvalue weighted by Gasteiger charge is 2.11. The van der Waals surface area contributed by atoms with E-state index in [9.17, 15) is 0 Å². The fourth-order valence-electron chi connectivity index (χ4n) is 2.08. The average molecular weight is 290 g/mol. The monoisotopic (exact) mass is 290 g/mol. The van der Waals surface area contributed by atoms with E-state index in [0.29, 0.717) is 23.1 Å². The lowest BCUT2D eigenvalue weighted by molar-refractivity contribution is 0.699. The molecule has 0 N–H and O–H groups in total. The van der Waals surface area contributed by atoms with Gasteiger partial charge in [0.1, 0.15) is 6.07 Å². The van der Waals surface area contributed by atoms with Crippen LogP contribution in [-0.2, 0) is 0 Å². The first-order valence-electron chi connectivity index (χ1n) is 6.95. The van der Waals surface area contributed by atoms with E-state index < -0.39 is 0 Å². The fourth-order valence-corrected chi connectivity index (χ4v) is 2.08. The van der Waals surface area contributed by atoms with Gasteiger partial charge in [0, 0.05) is 11.8 Å². The predicted molar refractivity (Wildman–Crippen MR) is 81.2 cm³/mol. The Bertz CT molecular complexity index is 826. The number of nitriles is 1. The summed E-state index contributed by atoms with van der Waals surface area (Å²) in [5.74, 6) is 1.36. The normalized spacial score (nSPS) is 10.6. The van der Waals surface area contributed by atoms with Crippen LogP contribution in [0.15, 0.2) is 42.6 Å². The standard InChI is InChI=1S/C16H14N6/c1-11(2)12-5-7-13(8-6-12)15-19-21-22(20-15)16-14(10-17)4-3-9-18-16/h3-9,11H,1-2H3. The maximum atomic E-state index is 9.11. The Hall–Kier alpha value is -3.07. The Morgan fingerprint density at radius 1 is 1.14 bits per heavy atom. The van der Waals surface area contributed by atoms with Gasteiger partial charge in [-0.25, -0.2) is 4.98 Å². The molecule has 3 aromatic rings. The van der Waals surface area contributed by atoms with Gasteiger partial charge in [-0.05, 0) is 28.8 Å². The van der Waals surface area contributed by atoms with Crippen LogP contribution in [0.3, 0.4) is 0 Å². The van der Waals surface area contributed by atoms with Crippen LogP contribution in [0.1, 0.15) is 30.9 Å². The number of nitrogens with zero attached hydrogens (tertiary/aromatic N) is 6. The highest BCUT2D eigenvalue weighted by atomic mass is 15.6. The molecule has 0 fully saturated rings. The van der Waals surface area contributed by atoms with E-state index in [2.05, 4.69) is 52.4 Å². The van der Waals surface area contributed by atoms with Crippen molar-refractivity contribution >= 4 is 0 Å². The molecule has 22 heavy (non-hydrogen) atoms. The van der Waals surface area contributed by atoms with Gasteiger partial charge in [-0.1, -0.05) is 38.1 Å². The van der Waals surface area contributed by atoms with Crippen molar-refractivity contribution in [3.05, 3.63) is 53.7 Å². The first-order chi connectivity index (χ1) is 10.7. The first kappa shape index (κ1) is 13.9. The van der Waals surface area contributed by atoms with Crippen molar-refractivity contribution < 1.29 is 0 Å². The second kappa shape index (κ2) is 5.74. The number of tetrazole rings is 1. The molecule has 0 atom stereocenters. The molecule has 0 saturated carbocycles. The quantitative estimate of drug-likeness (QED) is 0.741. The van der Waals surface area contributed by atoms with Crippen molar-refractivity contribution in [2.75, 3.05) is 0 Å². The number of rotatable bonds is 3. The van der Waals surface area contributed by atoms with Crippen molar-refractivity contribution in [2.24, 2.45) is 0 Å². The smallest absolute Gasteiger partial charge is 0.205 e. The lowest BCUT2D eigenvalue weighted by atomic mass is 10.0. The van der Waals surface area contributed by atoms with E-state index in [1.807, 2.05) is 12.1 Å². The average Bonchev–Trinajstić information content (AvgIpc) is 3.04. The van der Waals surface area contributed by atoms with Gasteiger partial charge in [0.25, 0.3) is 0 Å². The zero-order valence-electron chi connectivity index (χ0n) is 12.3. The van der Waals surface area contributed by atoms with E-state index in [1.165, 1.54) is 10.4 Å². The third-order valence-electron chi connectivity index (χ3n) is 3.35. The lowest BCUT2D eigenvalue weighted by Crippen LogP contribution is -2.04. The van der Waals surface area contributed by atoms with Gasteiger partial charge >= 0.3 is 0 Å². The van der Waals surface area contributed by atoms with Crippen LogP contribution in [0.4, 0.5) is 0 Å². The Morgan fingerprint density at radius 2 is 1.91 bits per heavy atom. The van der Waals surface area contributed by atoms with Crippen LogP contribution in [0.2, 0.25) is 0 Å². The maximum absolute atomic E-state index is 9.11. The molecule has 6 nitrogen and oxygen atoms in total. The number of benzene rings is 1. The van der Waals surface area contributed by atoms with Gasteiger partial charge in [-0.3, -0.25) is 0 Å². The molecule has 6 heteroatoms. The summed E-state index contributed by atoms with van der Waals surface area (Å²) < 4.78 is 0. The summed E-state index contributed by atoms with van der Waals surface area (Å²) in [5.41, 5.74) is 2.54. The highest BCUT2D eigenvalue weighted by Crippen LogP contribution is 2.20. The molecule has 3 rings (SSSR count). The summed E-state index contributed by atoms with van der Waals surface area (Å²) >= 11 is 0. The summed E-state index contributed by atoms with van der Waals surface area (Å²) in [6, 6.07) is 13.5. The second-order valence-corrected chi connectivity index (χ2v) is 5.17. The molecule has 1 aromatic carbocycles. The van der Waals surface area contributed by atoms with Crippen LogP contribution >= 0.6 is 0 Å². The minimum absolute atomic E-state index is 0.377. The molecule has 108 valence electrons. The van der Waals surface area contributed by atoms with Crippen LogP contribution in [-0.4, -0.2) is 25.2 Å². The minimum Gasteiger partial charge on any atom is -0.234 e. The molecule has 0 radical (unpaired) electrons. The van der Waals surface area contributed by atoms with Crippen LogP contribution < -0.4 is 0 Å². The van der Waals surface area contributed by atoms with E-state index in [1.54, 1.807) is 18.3 Å². The molecule has 0 amide bonds. The molecule has 0 spiro atoms. The molecule has 0 bridgehead atoms. The Balaban J connectivity index is 1.95. The van der Waals surface area contributed by atoms with Crippen molar-refractivity contribution in [3.63, 3.8) is 0 Å². The van der Waals surface area contributed by atoms with Gasteiger partial charge in [0.05, 0.1) is 5.56 Å². The van der Waals surface area contributed by atoms with Gasteiger partial charge in [0.15, 0.2) is 5.82 Å². The molecule has 0 aliphatic carbocycles. The Morgan fingerprint density at radius 3 is 2.59 bits per heavy atom. The van der Waals surface area contributed by atoms with Crippen LogP contribution in [0.5, 0.6) is 0 Å². The van der Waals surface area contributed by atoms with Gasteiger partial charge in [0.2, 0.25) is 5.82 Å². The zero-order chi connectivity index (χ0) is 15.5. The SMILES string of the molecule is CC(C)c1ccc(-c2nnn(-c3ncccc3C#N)n2)cc1. The number of aromatic nitrogens is 5. The Kier molecular flexibility index (Phi) is 3.62. The first-order valence-corrected chi connectivity index (χ1v) is 6.95. The van der Waals surface area contributed by atoms with Crippen molar-refractivity contribution in [3.8, 4) is 23.3 Å². The minimum atomic E-state index is 0.377. The van der Waals surface area contributed by atoms with Gasteiger partial charge in [-0.2, -0.15) is 5.26 Å². The van der Waals surface area contributed by atoms with Gasteiger partial charge in [-0.15, -0.1) is 15.0 Å². The van der Waals surface area contributed by atoms with E-state index >= 15 is 0 Å². The van der Waals surface area contributed by atoms with Crippen molar-refractivity contribution in [2.45, 2.75) is 19.8 Å².